The fourth-order valence-electron chi connectivity index (χ4n) is 3.82. The molecule has 4 nitrogen and oxygen atoms in total. The Morgan fingerprint density at radius 2 is 1.96 bits per heavy atom. The molecule has 1 aromatic heterocycles. The van der Waals surface area contributed by atoms with Gasteiger partial charge in [0.25, 0.3) is 0 Å². The molecule has 1 aliphatic heterocycles. The van der Waals surface area contributed by atoms with E-state index in [0.717, 1.165) is 17.7 Å². The van der Waals surface area contributed by atoms with Crippen LogP contribution in [-0.2, 0) is 4.79 Å². The third-order valence-electron chi connectivity index (χ3n) is 4.95. The first-order valence-corrected chi connectivity index (χ1v) is 9.41. The summed E-state index contributed by atoms with van der Waals surface area (Å²) in [5.41, 5.74) is 7.71. The Labute approximate surface area is 158 Å². The van der Waals surface area contributed by atoms with E-state index in [1.54, 1.807) is 0 Å². The third kappa shape index (κ3) is 2.64. The lowest BCUT2D eigenvalue weighted by Gasteiger charge is -2.39. The number of halogens is 2. The number of thiophene rings is 1. The average molecular weight is 383 g/mol. The van der Waals surface area contributed by atoms with E-state index in [9.17, 15) is 18.8 Å². The number of nitrogens with two attached hydrogens (primary N) is 1. The maximum absolute atomic E-state index is 14.5. The number of allylic oxidation sites excluding steroid dienone is 3. The molecule has 7 heteroatoms. The monoisotopic (exact) mass is 383 g/mol. The lowest BCUT2D eigenvalue weighted by Crippen LogP contribution is -2.39. The van der Waals surface area contributed by atoms with Crippen molar-refractivity contribution in [2.24, 2.45) is 5.73 Å². The molecule has 1 aliphatic carbocycles. The average Bonchev–Trinajstić information content (AvgIpc) is 3.17. The van der Waals surface area contributed by atoms with Crippen LogP contribution in [0.1, 0.15) is 30.7 Å². The van der Waals surface area contributed by atoms with Gasteiger partial charge in [0.05, 0.1) is 17.6 Å². The van der Waals surface area contributed by atoms with E-state index in [1.165, 1.54) is 22.3 Å². The Morgan fingerprint density at radius 3 is 2.59 bits per heavy atom. The molecule has 0 spiro atoms. The van der Waals surface area contributed by atoms with Gasteiger partial charge in [0.15, 0.2) is 5.78 Å². The summed E-state index contributed by atoms with van der Waals surface area (Å²) in [4.78, 5) is 14.0. The van der Waals surface area contributed by atoms with Gasteiger partial charge in [-0.25, -0.2) is 8.78 Å². The first-order valence-electron chi connectivity index (χ1n) is 8.46. The van der Waals surface area contributed by atoms with Crippen molar-refractivity contribution in [2.45, 2.75) is 25.2 Å². The molecule has 0 saturated heterocycles. The number of carbonyl (C=O) groups excluding carboxylic acids is 1. The van der Waals surface area contributed by atoms with Crippen molar-refractivity contribution in [1.82, 2.24) is 0 Å². The summed E-state index contributed by atoms with van der Waals surface area (Å²) in [6, 6.07) is 7.44. The molecule has 0 saturated carbocycles. The molecule has 2 aliphatic rings. The molecule has 2 heterocycles. The normalized spacial score (nSPS) is 20.0. The first kappa shape index (κ1) is 17.4. The van der Waals surface area contributed by atoms with Gasteiger partial charge in [-0.05, 0) is 47.4 Å². The maximum atomic E-state index is 14.5. The lowest BCUT2D eigenvalue weighted by molar-refractivity contribution is -0.116. The topological polar surface area (TPSA) is 70.1 Å². The Kier molecular flexibility index (Phi) is 4.28. The van der Waals surface area contributed by atoms with E-state index < -0.39 is 17.6 Å². The number of nitrogens with zero attached hydrogens (tertiary/aromatic N) is 2. The first-order chi connectivity index (χ1) is 13.0. The zero-order chi connectivity index (χ0) is 19.1. The van der Waals surface area contributed by atoms with Crippen molar-refractivity contribution in [3.8, 4) is 6.07 Å². The van der Waals surface area contributed by atoms with Crippen LogP contribution in [-0.4, -0.2) is 5.78 Å². The smallest absolute Gasteiger partial charge is 0.161 e. The predicted octanol–water partition coefficient (Wildman–Crippen LogP) is 4.33. The lowest BCUT2D eigenvalue weighted by atomic mass is 9.76. The molecule has 1 unspecified atom stereocenters. The number of nitriles is 1. The van der Waals surface area contributed by atoms with Crippen molar-refractivity contribution in [3.63, 3.8) is 0 Å². The molecular formula is C20H15F2N3OS. The van der Waals surface area contributed by atoms with Crippen molar-refractivity contribution in [2.75, 3.05) is 4.90 Å². The van der Waals surface area contributed by atoms with Gasteiger partial charge < -0.3 is 5.73 Å². The van der Waals surface area contributed by atoms with Crippen LogP contribution in [0.15, 0.2) is 57.7 Å². The van der Waals surface area contributed by atoms with E-state index in [2.05, 4.69) is 6.07 Å². The molecule has 1 aromatic carbocycles. The van der Waals surface area contributed by atoms with Crippen LogP contribution in [0.5, 0.6) is 0 Å². The summed E-state index contributed by atoms with van der Waals surface area (Å²) >= 11 is 1.45. The largest absolute Gasteiger partial charge is 0.384 e. The highest BCUT2D eigenvalue weighted by Crippen LogP contribution is 2.47. The van der Waals surface area contributed by atoms with Crippen LogP contribution in [0.25, 0.3) is 0 Å². The zero-order valence-corrected chi connectivity index (χ0v) is 15.0. The van der Waals surface area contributed by atoms with Crippen molar-refractivity contribution >= 4 is 22.8 Å². The minimum Gasteiger partial charge on any atom is -0.384 e. The number of anilines is 1. The van der Waals surface area contributed by atoms with Gasteiger partial charge in [0.2, 0.25) is 0 Å². The van der Waals surface area contributed by atoms with Crippen molar-refractivity contribution < 1.29 is 13.6 Å². The summed E-state index contributed by atoms with van der Waals surface area (Å²) in [7, 11) is 0. The highest BCUT2D eigenvalue weighted by atomic mass is 32.1. The quantitative estimate of drug-likeness (QED) is 0.838. The number of ketones is 1. The maximum Gasteiger partial charge on any atom is 0.161 e. The molecule has 2 aromatic rings. The SMILES string of the molecule is N#CC1=C(N)N(c2c(F)cccc2F)C2=C(C(=O)CCC2)C1c1ccsc1. The molecule has 0 bridgehead atoms. The number of para-hydroxylation sites is 1. The number of hydrogen-bond donors (Lipinski definition) is 1. The van der Waals surface area contributed by atoms with Crippen molar-refractivity contribution in [3.05, 3.63) is 74.9 Å². The van der Waals surface area contributed by atoms with E-state index >= 15 is 0 Å². The second kappa shape index (κ2) is 6.63. The van der Waals surface area contributed by atoms with Crippen LogP contribution in [0, 0.1) is 23.0 Å². The summed E-state index contributed by atoms with van der Waals surface area (Å²) in [6.45, 7) is 0. The van der Waals surface area contributed by atoms with Gasteiger partial charge in [-0.2, -0.15) is 16.6 Å². The fourth-order valence-corrected chi connectivity index (χ4v) is 4.50. The summed E-state index contributed by atoms with van der Waals surface area (Å²) in [5.74, 6) is -2.35. The minimum atomic E-state index is -0.797. The van der Waals surface area contributed by atoms with E-state index in [1.807, 2.05) is 16.8 Å². The van der Waals surface area contributed by atoms with Gasteiger partial charge in [0, 0.05) is 17.7 Å². The molecular weight excluding hydrogens is 368 g/mol. The second-order valence-electron chi connectivity index (χ2n) is 6.44. The van der Waals surface area contributed by atoms with Crippen molar-refractivity contribution in [1.29, 1.82) is 5.26 Å². The molecule has 27 heavy (non-hydrogen) atoms. The Balaban J connectivity index is 2.02. The minimum absolute atomic E-state index is 0.0360. The van der Waals surface area contributed by atoms with Crippen LogP contribution in [0.4, 0.5) is 14.5 Å². The molecule has 1 atom stereocenters. The van der Waals surface area contributed by atoms with Crippen LogP contribution in [0.2, 0.25) is 0 Å². The third-order valence-corrected chi connectivity index (χ3v) is 5.65. The van der Waals surface area contributed by atoms with E-state index in [-0.39, 0.29) is 22.9 Å². The Hall–Kier alpha value is -2.98. The fraction of sp³-hybridized carbons (Fsp3) is 0.200. The van der Waals surface area contributed by atoms with Crippen LogP contribution >= 0.6 is 11.3 Å². The molecule has 0 radical (unpaired) electrons. The van der Waals surface area contributed by atoms with Gasteiger partial charge >= 0.3 is 0 Å². The second-order valence-corrected chi connectivity index (χ2v) is 7.22. The Morgan fingerprint density at radius 1 is 1.22 bits per heavy atom. The van der Waals surface area contributed by atoms with Crippen LogP contribution in [0.3, 0.4) is 0 Å². The van der Waals surface area contributed by atoms with Gasteiger partial charge in [-0.15, -0.1) is 0 Å². The van der Waals surface area contributed by atoms with E-state index in [4.69, 9.17) is 5.73 Å². The van der Waals surface area contributed by atoms with Gasteiger partial charge in [-0.1, -0.05) is 6.07 Å². The Bertz CT molecular complexity index is 1010. The number of Topliss-reactive ketones (excluding diaryl/α,β-unsaturated/α-hetero) is 1. The van der Waals surface area contributed by atoms with Crippen LogP contribution < -0.4 is 10.6 Å². The zero-order valence-electron chi connectivity index (χ0n) is 14.2. The predicted molar refractivity (Wildman–Crippen MR) is 98.6 cm³/mol. The van der Waals surface area contributed by atoms with Gasteiger partial charge in [-0.3, -0.25) is 9.69 Å². The van der Waals surface area contributed by atoms with E-state index in [0.29, 0.717) is 30.5 Å². The molecule has 0 fully saturated rings. The summed E-state index contributed by atoms with van der Waals surface area (Å²) < 4.78 is 29.0. The molecule has 0 amide bonds. The number of rotatable bonds is 2. The highest BCUT2D eigenvalue weighted by Gasteiger charge is 2.41. The number of benzene rings is 1. The summed E-state index contributed by atoms with van der Waals surface area (Å²) in [5, 5.41) is 13.5. The highest BCUT2D eigenvalue weighted by molar-refractivity contribution is 7.08. The number of carbonyl (C=O) groups is 1. The standard InChI is InChI=1S/C20H15F2N3OS/c21-13-3-1-4-14(22)19(13)25-15-5-2-6-16(26)18(15)17(11-7-8-27-10-11)12(9-23)20(25)24/h1,3-4,7-8,10,17H,2,5-6,24H2. The number of hydrogen-bond acceptors (Lipinski definition) is 5. The molecule has 4 rings (SSSR count). The van der Waals surface area contributed by atoms with Gasteiger partial charge in [0.1, 0.15) is 23.1 Å². The summed E-state index contributed by atoms with van der Waals surface area (Å²) in [6.07, 6.45) is 1.36. The molecule has 136 valence electrons. The molecule has 2 N–H and O–H groups in total.